The van der Waals surface area contributed by atoms with E-state index < -0.39 is 15.5 Å². The lowest BCUT2D eigenvalue weighted by Crippen LogP contribution is -2.41. The molecule has 0 heterocycles. The van der Waals surface area contributed by atoms with Crippen LogP contribution in [0.4, 0.5) is 13.2 Å². The summed E-state index contributed by atoms with van der Waals surface area (Å²) in [6, 6.07) is 4.29. The SMILES string of the molecule is Cl.NCC(NS(=O)(=O)c1ccc(SC(F)(F)F)cc1)C1CC1. The minimum absolute atomic E-state index is 0. The third-order valence-electron chi connectivity index (χ3n) is 3.12. The zero-order valence-corrected chi connectivity index (χ0v) is 13.8. The summed E-state index contributed by atoms with van der Waals surface area (Å²) >= 11 is -0.282. The van der Waals surface area contributed by atoms with Gasteiger partial charge in [0.2, 0.25) is 10.0 Å². The molecule has 0 aliphatic heterocycles. The summed E-state index contributed by atoms with van der Waals surface area (Å²) in [4.78, 5) is -0.118. The van der Waals surface area contributed by atoms with E-state index in [9.17, 15) is 21.6 Å². The van der Waals surface area contributed by atoms with Crippen molar-refractivity contribution in [3.8, 4) is 0 Å². The van der Waals surface area contributed by atoms with Gasteiger partial charge in [-0.15, -0.1) is 12.4 Å². The molecule has 22 heavy (non-hydrogen) atoms. The maximum Gasteiger partial charge on any atom is 0.446 e. The van der Waals surface area contributed by atoms with Crippen LogP contribution in [0.3, 0.4) is 0 Å². The number of halogens is 4. The predicted octanol–water partition coefficient (Wildman–Crippen LogP) is 2.74. The van der Waals surface area contributed by atoms with E-state index in [4.69, 9.17) is 5.73 Å². The van der Waals surface area contributed by atoms with Crippen LogP contribution in [-0.4, -0.2) is 26.5 Å². The molecule has 1 aliphatic carbocycles. The summed E-state index contributed by atoms with van der Waals surface area (Å²) in [5.41, 5.74) is 1.14. The van der Waals surface area contributed by atoms with E-state index in [1.54, 1.807) is 0 Å². The molecule has 1 atom stereocenters. The van der Waals surface area contributed by atoms with E-state index in [0.717, 1.165) is 37.1 Å². The van der Waals surface area contributed by atoms with E-state index in [0.29, 0.717) is 0 Å². The number of sulfonamides is 1. The molecular formula is C12H16ClF3N2O2S2. The van der Waals surface area contributed by atoms with Gasteiger partial charge < -0.3 is 5.73 Å². The molecule has 3 N–H and O–H groups in total. The Morgan fingerprint density at radius 2 is 1.82 bits per heavy atom. The topological polar surface area (TPSA) is 72.2 Å². The van der Waals surface area contributed by atoms with Crippen LogP contribution in [0, 0.1) is 5.92 Å². The van der Waals surface area contributed by atoms with Gasteiger partial charge in [-0.25, -0.2) is 13.1 Å². The van der Waals surface area contributed by atoms with Gasteiger partial charge in [-0.1, -0.05) is 0 Å². The van der Waals surface area contributed by atoms with E-state index in [2.05, 4.69) is 4.72 Å². The van der Waals surface area contributed by atoms with Crippen molar-refractivity contribution in [3.05, 3.63) is 24.3 Å². The van der Waals surface area contributed by atoms with Crippen LogP contribution >= 0.6 is 24.2 Å². The molecule has 10 heteroatoms. The molecule has 0 aromatic heterocycles. The fourth-order valence-electron chi connectivity index (χ4n) is 1.92. The van der Waals surface area contributed by atoms with Crippen LogP contribution in [-0.2, 0) is 10.0 Å². The molecule has 1 saturated carbocycles. The van der Waals surface area contributed by atoms with Crippen molar-refractivity contribution in [2.24, 2.45) is 11.7 Å². The summed E-state index contributed by atoms with van der Waals surface area (Å²) in [5, 5.41) is 0. The lowest BCUT2D eigenvalue weighted by molar-refractivity contribution is -0.0328. The normalized spacial score (nSPS) is 16.9. The highest BCUT2D eigenvalue weighted by atomic mass is 35.5. The zero-order chi connectivity index (χ0) is 15.7. The second-order valence-corrected chi connectivity index (χ2v) is 7.67. The largest absolute Gasteiger partial charge is 0.446 e. The number of benzene rings is 1. The Hall–Kier alpha value is -0.480. The van der Waals surface area contributed by atoms with Crippen LogP contribution in [0.1, 0.15) is 12.8 Å². The molecule has 0 saturated heterocycles. The number of hydrogen-bond donors (Lipinski definition) is 2. The monoisotopic (exact) mass is 376 g/mol. The molecule has 1 aromatic carbocycles. The Morgan fingerprint density at radius 1 is 1.27 bits per heavy atom. The molecule has 0 radical (unpaired) electrons. The fraction of sp³-hybridized carbons (Fsp3) is 0.500. The number of thioether (sulfide) groups is 1. The van der Waals surface area contributed by atoms with Gasteiger partial charge in [-0.05, 0) is 54.8 Å². The minimum atomic E-state index is -4.39. The Kier molecular flexibility index (Phi) is 6.58. The molecule has 0 bridgehead atoms. The summed E-state index contributed by atoms with van der Waals surface area (Å²) in [6.07, 6.45) is 1.87. The molecule has 1 aliphatic rings. The van der Waals surface area contributed by atoms with Crippen molar-refractivity contribution in [3.63, 3.8) is 0 Å². The van der Waals surface area contributed by atoms with E-state index in [-0.39, 0.29) is 52.5 Å². The first-order valence-electron chi connectivity index (χ1n) is 6.29. The molecule has 2 rings (SSSR count). The highest BCUT2D eigenvalue weighted by molar-refractivity contribution is 8.00. The summed E-state index contributed by atoms with van der Waals surface area (Å²) < 4.78 is 63.4. The Morgan fingerprint density at radius 3 is 2.23 bits per heavy atom. The van der Waals surface area contributed by atoms with Gasteiger partial charge in [-0.2, -0.15) is 13.2 Å². The Bertz CT molecular complexity index is 589. The van der Waals surface area contributed by atoms with Gasteiger partial charge in [0.05, 0.1) is 4.90 Å². The second-order valence-electron chi connectivity index (χ2n) is 4.82. The van der Waals surface area contributed by atoms with Crippen LogP contribution in [0.15, 0.2) is 34.1 Å². The first-order chi connectivity index (χ1) is 9.71. The highest BCUT2D eigenvalue weighted by Gasteiger charge is 2.33. The lowest BCUT2D eigenvalue weighted by Gasteiger charge is -2.16. The minimum Gasteiger partial charge on any atom is -0.329 e. The number of rotatable bonds is 6. The molecule has 0 spiro atoms. The van der Waals surface area contributed by atoms with Crippen molar-refractivity contribution >= 4 is 34.2 Å². The third-order valence-corrected chi connectivity index (χ3v) is 5.36. The standard InChI is InChI=1S/C12H15F3N2O2S2.ClH/c13-12(14,15)20-9-3-5-10(6-4-9)21(18,19)17-11(7-16)8-1-2-8;/h3-6,8,11,17H,1-2,7,16H2;1H. The number of alkyl halides is 3. The molecule has 1 fully saturated rings. The lowest BCUT2D eigenvalue weighted by atomic mass is 10.2. The molecule has 1 aromatic rings. The Labute approximate surface area is 137 Å². The number of nitrogens with one attached hydrogen (secondary N) is 1. The first kappa shape index (κ1) is 19.6. The average Bonchev–Trinajstić information content (AvgIpc) is 3.19. The third kappa shape index (κ3) is 5.62. The highest BCUT2D eigenvalue weighted by Crippen LogP contribution is 2.37. The molecule has 0 amide bonds. The van der Waals surface area contributed by atoms with Gasteiger partial charge in [0.25, 0.3) is 0 Å². The first-order valence-corrected chi connectivity index (χ1v) is 8.59. The van der Waals surface area contributed by atoms with E-state index in [1.807, 2.05) is 0 Å². The average molecular weight is 377 g/mol. The van der Waals surface area contributed by atoms with Crippen molar-refractivity contribution in [1.82, 2.24) is 4.72 Å². The maximum atomic E-state index is 12.2. The summed E-state index contributed by atoms with van der Waals surface area (Å²) in [7, 11) is -3.76. The quantitative estimate of drug-likeness (QED) is 0.749. The molecule has 1 unspecified atom stereocenters. The number of hydrogen-bond acceptors (Lipinski definition) is 4. The van der Waals surface area contributed by atoms with Crippen molar-refractivity contribution < 1.29 is 21.6 Å². The second kappa shape index (κ2) is 7.39. The van der Waals surface area contributed by atoms with Crippen LogP contribution in [0.5, 0.6) is 0 Å². The van der Waals surface area contributed by atoms with Gasteiger partial charge in [0, 0.05) is 17.5 Å². The predicted molar refractivity (Wildman–Crippen MR) is 81.5 cm³/mol. The smallest absolute Gasteiger partial charge is 0.329 e. The number of nitrogens with two attached hydrogens (primary N) is 1. The van der Waals surface area contributed by atoms with E-state index >= 15 is 0 Å². The zero-order valence-electron chi connectivity index (χ0n) is 11.3. The van der Waals surface area contributed by atoms with Gasteiger partial charge in [0.1, 0.15) is 0 Å². The van der Waals surface area contributed by atoms with Crippen LogP contribution in [0.2, 0.25) is 0 Å². The van der Waals surface area contributed by atoms with Crippen molar-refractivity contribution in [2.45, 2.75) is 34.2 Å². The van der Waals surface area contributed by atoms with Crippen LogP contribution in [0.25, 0.3) is 0 Å². The molecular weight excluding hydrogens is 361 g/mol. The summed E-state index contributed by atoms with van der Waals surface area (Å²) in [6.45, 7) is 0.200. The van der Waals surface area contributed by atoms with Crippen molar-refractivity contribution in [2.75, 3.05) is 6.54 Å². The van der Waals surface area contributed by atoms with Crippen LogP contribution < -0.4 is 10.5 Å². The Balaban J connectivity index is 0.00000242. The fourth-order valence-corrected chi connectivity index (χ4v) is 3.78. The molecule has 126 valence electrons. The van der Waals surface area contributed by atoms with E-state index in [1.165, 1.54) is 0 Å². The van der Waals surface area contributed by atoms with Gasteiger partial charge >= 0.3 is 5.51 Å². The maximum absolute atomic E-state index is 12.2. The van der Waals surface area contributed by atoms with Gasteiger partial charge in [-0.3, -0.25) is 0 Å². The summed E-state index contributed by atoms with van der Waals surface area (Å²) in [5.74, 6) is 0.254. The van der Waals surface area contributed by atoms with Gasteiger partial charge in [0.15, 0.2) is 0 Å². The van der Waals surface area contributed by atoms with Crippen molar-refractivity contribution in [1.29, 1.82) is 0 Å². The molecule has 4 nitrogen and oxygen atoms in total.